The second-order valence-corrected chi connectivity index (χ2v) is 5.54. The third-order valence-corrected chi connectivity index (χ3v) is 2.48. The van der Waals surface area contributed by atoms with Gasteiger partial charge in [-0.2, -0.15) is 5.48 Å². The molecule has 0 unspecified atom stereocenters. The molecule has 13 heavy (non-hydrogen) atoms. The second-order valence-electron chi connectivity index (χ2n) is 3.74. The summed E-state index contributed by atoms with van der Waals surface area (Å²) < 4.78 is 0.813. The molecule has 1 N–H and O–H groups in total. The molecular weight excluding hydrogens is 206 g/mol. The van der Waals surface area contributed by atoms with Crippen molar-refractivity contribution in [2.45, 2.75) is 32.9 Å². The van der Waals surface area contributed by atoms with Crippen molar-refractivity contribution in [3.8, 4) is 0 Å². The van der Waals surface area contributed by atoms with E-state index in [1.54, 1.807) is 11.3 Å². The van der Waals surface area contributed by atoms with Crippen LogP contribution in [0, 0.1) is 0 Å². The summed E-state index contributed by atoms with van der Waals surface area (Å²) in [5.41, 5.74) is 2.75. The van der Waals surface area contributed by atoms with E-state index in [2.05, 4.69) is 5.48 Å². The highest BCUT2D eigenvalue weighted by Crippen LogP contribution is 2.21. The molecule has 74 valence electrons. The highest BCUT2D eigenvalue weighted by Gasteiger charge is 2.09. The van der Waals surface area contributed by atoms with E-state index in [1.807, 2.05) is 32.9 Å². The molecule has 0 saturated carbocycles. The number of halogens is 1. The van der Waals surface area contributed by atoms with Crippen LogP contribution in [0.25, 0.3) is 0 Å². The maximum absolute atomic E-state index is 5.78. The lowest BCUT2D eigenvalue weighted by molar-refractivity contribution is -0.0754. The summed E-state index contributed by atoms with van der Waals surface area (Å²) in [6.07, 6.45) is 0. The number of hydroxylamine groups is 1. The van der Waals surface area contributed by atoms with Crippen LogP contribution in [0.3, 0.4) is 0 Å². The zero-order valence-electron chi connectivity index (χ0n) is 8.06. The van der Waals surface area contributed by atoms with Crippen molar-refractivity contribution >= 4 is 22.9 Å². The summed E-state index contributed by atoms with van der Waals surface area (Å²) in [5.74, 6) is 0. The molecule has 0 radical (unpaired) electrons. The maximum atomic E-state index is 5.78. The minimum Gasteiger partial charge on any atom is -0.296 e. The van der Waals surface area contributed by atoms with Crippen LogP contribution >= 0.6 is 22.9 Å². The summed E-state index contributed by atoms with van der Waals surface area (Å²) >= 11 is 7.34. The van der Waals surface area contributed by atoms with Crippen molar-refractivity contribution in [3.05, 3.63) is 21.3 Å². The Morgan fingerprint density at radius 1 is 1.46 bits per heavy atom. The van der Waals surface area contributed by atoms with Crippen LogP contribution in [0.5, 0.6) is 0 Å². The third kappa shape index (κ3) is 4.62. The fraction of sp³-hybridized carbons (Fsp3) is 0.556. The zero-order valence-corrected chi connectivity index (χ0v) is 9.63. The van der Waals surface area contributed by atoms with Gasteiger partial charge in [-0.3, -0.25) is 4.84 Å². The van der Waals surface area contributed by atoms with E-state index in [-0.39, 0.29) is 5.60 Å². The Bertz CT molecular complexity index is 267. The minimum atomic E-state index is -0.152. The Kier molecular flexibility index (Phi) is 3.74. The summed E-state index contributed by atoms with van der Waals surface area (Å²) in [6.45, 7) is 6.71. The van der Waals surface area contributed by atoms with Crippen molar-refractivity contribution in [1.82, 2.24) is 5.48 Å². The Hall–Kier alpha value is -0.0900. The molecule has 0 aliphatic carbocycles. The van der Waals surface area contributed by atoms with E-state index >= 15 is 0 Å². The number of rotatable bonds is 3. The quantitative estimate of drug-likeness (QED) is 0.789. The number of hydrogen-bond donors (Lipinski definition) is 1. The van der Waals surface area contributed by atoms with Crippen LogP contribution in [-0.2, 0) is 11.4 Å². The summed E-state index contributed by atoms with van der Waals surface area (Å²) in [7, 11) is 0. The largest absolute Gasteiger partial charge is 0.296 e. The first-order chi connectivity index (χ1) is 5.97. The van der Waals surface area contributed by atoms with Gasteiger partial charge in [-0.1, -0.05) is 11.6 Å². The highest BCUT2D eigenvalue weighted by atomic mass is 35.5. The first kappa shape index (κ1) is 11.0. The Morgan fingerprint density at radius 2 is 2.15 bits per heavy atom. The topological polar surface area (TPSA) is 21.3 Å². The predicted molar refractivity (Wildman–Crippen MR) is 57.0 cm³/mol. The monoisotopic (exact) mass is 219 g/mol. The molecule has 1 rings (SSSR count). The molecule has 0 fully saturated rings. The van der Waals surface area contributed by atoms with Crippen molar-refractivity contribution in [2.75, 3.05) is 0 Å². The van der Waals surface area contributed by atoms with Crippen LogP contribution in [0.15, 0.2) is 12.1 Å². The lowest BCUT2D eigenvalue weighted by atomic mass is 10.2. The summed E-state index contributed by atoms with van der Waals surface area (Å²) in [5, 5.41) is 0. The van der Waals surface area contributed by atoms with Crippen molar-refractivity contribution in [3.63, 3.8) is 0 Å². The van der Waals surface area contributed by atoms with E-state index in [1.165, 1.54) is 4.88 Å². The van der Waals surface area contributed by atoms with Gasteiger partial charge in [0.25, 0.3) is 0 Å². The molecule has 0 aromatic carbocycles. The van der Waals surface area contributed by atoms with Gasteiger partial charge in [0, 0.05) is 4.88 Å². The molecule has 0 amide bonds. The summed E-state index contributed by atoms with van der Waals surface area (Å²) in [6, 6.07) is 3.88. The van der Waals surface area contributed by atoms with Gasteiger partial charge in [-0.15, -0.1) is 11.3 Å². The Labute approximate surface area is 87.8 Å². The van der Waals surface area contributed by atoms with Gasteiger partial charge in [0.1, 0.15) is 0 Å². The Morgan fingerprint density at radius 3 is 2.62 bits per heavy atom. The van der Waals surface area contributed by atoms with Gasteiger partial charge < -0.3 is 0 Å². The number of hydrogen-bond acceptors (Lipinski definition) is 3. The molecule has 0 spiro atoms. The van der Waals surface area contributed by atoms with E-state index < -0.39 is 0 Å². The fourth-order valence-corrected chi connectivity index (χ4v) is 1.78. The van der Waals surface area contributed by atoms with Crippen LogP contribution in [0.1, 0.15) is 25.6 Å². The van der Waals surface area contributed by atoms with Crippen molar-refractivity contribution < 1.29 is 4.84 Å². The first-order valence-electron chi connectivity index (χ1n) is 4.12. The van der Waals surface area contributed by atoms with E-state index in [0.29, 0.717) is 6.54 Å². The van der Waals surface area contributed by atoms with Gasteiger partial charge in [0.05, 0.1) is 16.5 Å². The van der Waals surface area contributed by atoms with Gasteiger partial charge in [-0.25, -0.2) is 0 Å². The third-order valence-electron chi connectivity index (χ3n) is 1.25. The molecular formula is C9H14ClNOS. The van der Waals surface area contributed by atoms with Gasteiger partial charge in [0.2, 0.25) is 0 Å². The first-order valence-corrected chi connectivity index (χ1v) is 5.32. The molecule has 1 aromatic rings. The van der Waals surface area contributed by atoms with Crippen molar-refractivity contribution in [1.29, 1.82) is 0 Å². The number of thiophene rings is 1. The van der Waals surface area contributed by atoms with Gasteiger partial charge in [-0.05, 0) is 32.9 Å². The number of nitrogens with one attached hydrogen (secondary N) is 1. The molecule has 0 atom stereocenters. The standard InChI is InChI=1S/C9H14ClNOS/c1-9(2,3)12-11-6-7-4-5-8(10)13-7/h4-5,11H,6H2,1-3H3. The molecule has 0 bridgehead atoms. The maximum Gasteiger partial charge on any atom is 0.0931 e. The lowest BCUT2D eigenvalue weighted by Gasteiger charge is -2.18. The van der Waals surface area contributed by atoms with Gasteiger partial charge in [0.15, 0.2) is 0 Å². The fourth-order valence-electron chi connectivity index (χ4n) is 0.770. The van der Waals surface area contributed by atoms with Gasteiger partial charge >= 0.3 is 0 Å². The zero-order chi connectivity index (χ0) is 9.90. The Balaban J connectivity index is 2.28. The lowest BCUT2D eigenvalue weighted by Crippen LogP contribution is -2.28. The molecule has 0 saturated heterocycles. The average Bonchev–Trinajstić information content (AvgIpc) is 2.33. The van der Waals surface area contributed by atoms with E-state index in [0.717, 1.165) is 4.34 Å². The normalized spacial score (nSPS) is 12.0. The van der Waals surface area contributed by atoms with Crippen LogP contribution in [-0.4, -0.2) is 5.60 Å². The average molecular weight is 220 g/mol. The van der Waals surface area contributed by atoms with E-state index in [9.17, 15) is 0 Å². The highest BCUT2D eigenvalue weighted by molar-refractivity contribution is 7.16. The SMILES string of the molecule is CC(C)(C)ONCc1ccc(Cl)s1. The molecule has 1 heterocycles. The van der Waals surface area contributed by atoms with Crippen molar-refractivity contribution in [2.24, 2.45) is 0 Å². The predicted octanol–water partition coefficient (Wildman–Crippen LogP) is 3.22. The smallest absolute Gasteiger partial charge is 0.0931 e. The molecule has 0 aliphatic rings. The molecule has 2 nitrogen and oxygen atoms in total. The second kappa shape index (κ2) is 4.42. The van der Waals surface area contributed by atoms with Crippen LogP contribution in [0.2, 0.25) is 4.34 Å². The minimum absolute atomic E-state index is 0.152. The molecule has 1 aromatic heterocycles. The van der Waals surface area contributed by atoms with E-state index in [4.69, 9.17) is 16.4 Å². The molecule has 4 heteroatoms. The van der Waals surface area contributed by atoms with Crippen LogP contribution in [0.4, 0.5) is 0 Å². The molecule has 0 aliphatic heterocycles. The summed E-state index contributed by atoms with van der Waals surface area (Å²) in [4.78, 5) is 6.53. The van der Waals surface area contributed by atoms with Crippen LogP contribution < -0.4 is 5.48 Å².